The molecule has 0 heterocycles. The van der Waals surface area contributed by atoms with E-state index in [9.17, 15) is 14.9 Å². The van der Waals surface area contributed by atoms with E-state index in [1.165, 1.54) is 17.0 Å². The molecule has 1 atom stereocenters. The zero-order valence-electron chi connectivity index (χ0n) is 11.6. The maximum Gasteiger partial charge on any atom is 0.306 e. The molecule has 0 fully saturated rings. The van der Waals surface area contributed by atoms with E-state index >= 15 is 0 Å². The number of carbonyl (C=O) groups excluding carboxylic acids is 1. The van der Waals surface area contributed by atoms with Gasteiger partial charge in [0.05, 0.1) is 4.92 Å². The quantitative estimate of drug-likeness (QED) is 0.471. The average Bonchev–Trinajstić information content (AvgIpc) is 2.44. The first-order valence-corrected chi connectivity index (χ1v) is 7.33. The minimum Gasteiger partial charge on any atom is -0.338 e. The van der Waals surface area contributed by atoms with Crippen molar-refractivity contribution in [2.75, 3.05) is 24.5 Å². The van der Waals surface area contributed by atoms with Gasteiger partial charge in [-0.25, -0.2) is 0 Å². The highest BCUT2D eigenvalue weighted by molar-refractivity contribution is 7.98. The Kier molecular flexibility index (Phi) is 5.78. The van der Waals surface area contributed by atoms with Crippen molar-refractivity contribution >= 4 is 29.0 Å². The molecule has 1 aromatic carbocycles. The minimum absolute atomic E-state index is 0.0217. The average molecular weight is 298 g/mol. The first kappa shape index (κ1) is 16.3. The van der Waals surface area contributed by atoms with Crippen LogP contribution in [-0.4, -0.2) is 40.8 Å². The van der Waals surface area contributed by atoms with Crippen LogP contribution in [0.1, 0.15) is 17.3 Å². The Morgan fingerprint density at radius 2 is 2.25 bits per heavy atom. The van der Waals surface area contributed by atoms with E-state index in [1.807, 2.05) is 13.2 Å². The first-order valence-electron chi connectivity index (χ1n) is 5.94. The van der Waals surface area contributed by atoms with Gasteiger partial charge in [0, 0.05) is 18.8 Å². The van der Waals surface area contributed by atoms with E-state index in [2.05, 4.69) is 5.43 Å². The van der Waals surface area contributed by atoms with Crippen molar-refractivity contribution in [1.29, 1.82) is 0 Å². The van der Waals surface area contributed by atoms with Crippen molar-refractivity contribution in [2.24, 2.45) is 5.84 Å². The third-order valence-corrected chi connectivity index (χ3v) is 3.81. The number of carbonyl (C=O) groups is 1. The molecule has 110 valence electrons. The molecule has 1 unspecified atom stereocenters. The highest BCUT2D eigenvalue weighted by atomic mass is 32.2. The zero-order chi connectivity index (χ0) is 15.3. The number of nitro benzene ring substituents is 1. The van der Waals surface area contributed by atoms with Gasteiger partial charge in [0.2, 0.25) is 0 Å². The van der Waals surface area contributed by atoms with Crippen LogP contribution in [0, 0.1) is 10.1 Å². The van der Waals surface area contributed by atoms with Crippen LogP contribution in [0.5, 0.6) is 0 Å². The van der Waals surface area contributed by atoms with Crippen molar-refractivity contribution in [2.45, 2.75) is 13.0 Å². The van der Waals surface area contributed by atoms with Crippen LogP contribution in [0.25, 0.3) is 0 Å². The molecule has 0 aliphatic heterocycles. The van der Waals surface area contributed by atoms with E-state index < -0.39 is 10.8 Å². The molecule has 7 nitrogen and oxygen atoms in total. The standard InChI is InChI=1S/C12H18N4O3S/c1-8(7-20-3)15(2)12(17)9-5-4-6-10(14-13)11(9)16(18)19/h4-6,8,14H,7,13H2,1-3H3. The van der Waals surface area contributed by atoms with Gasteiger partial charge in [0.15, 0.2) is 0 Å². The van der Waals surface area contributed by atoms with Crippen LogP contribution < -0.4 is 11.3 Å². The van der Waals surface area contributed by atoms with E-state index in [0.717, 1.165) is 5.75 Å². The molecular formula is C12H18N4O3S. The summed E-state index contributed by atoms with van der Waals surface area (Å²) in [4.78, 5) is 24.5. The fourth-order valence-electron chi connectivity index (χ4n) is 1.77. The second-order valence-corrected chi connectivity index (χ2v) is 5.23. The Morgan fingerprint density at radius 1 is 1.60 bits per heavy atom. The molecule has 0 saturated carbocycles. The van der Waals surface area contributed by atoms with Crippen LogP contribution in [-0.2, 0) is 0 Å². The molecule has 3 N–H and O–H groups in total. The van der Waals surface area contributed by atoms with Gasteiger partial charge in [0.1, 0.15) is 11.3 Å². The van der Waals surface area contributed by atoms with E-state index in [0.29, 0.717) is 0 Å². The number of amides is 1. The van der Waals surface area contributed by atoms with Gasteiger partial charge in [0.25, 0.3) is 5.91 Å². The van der Waals surface area contributed by atoms with Crippen molar-refractivity contribution in [1.82, 2.24) is 4.90 Å². The van der Waals surface area contributed by atoms with Crippen LogP contribution in [0.15, 0.2) is 18.2 Å². The molecule has 0 aliphatic rings. The number of para-hydroxylation sites is 1. The lowest BCUT2D eigenvalue weighted by molar-refractivity contribution is -0.384. The number of nitrogens with two attached hydrogens (primary N) is 1. The van der Waals surface area contributed by atoms with E-state index in [1.54, 1.807) is 24.9 Å². The van der Waals surface area contributed by atoms with Crippen LogP contribution >= 0.6 is 11.8 Å². The maximum absolute atomic E-state index is 12.4. The predicted octanol–water partition coefficient (Wildman–Crippen LogP) is 1.70. The van der Waals surface area contributed by atoms with Crippen molar-refractivity contribution in [3.63, 3.8) is 0 Å². The molecule has 1 rings (SSSR count). The molecule has 0 radical (unpaired) electrons. The second kappa shape index (κ2) is 7.11. The van der Waals surface area contributed by atoms with Crippen LogP contribution in [0.4, 0.5) is 11.4 Å². The van der Waals surface area contributed by atoms with Gasteiger partial charge >= 0.3 is 5.69 Å². The summed E-state index contributed by atoms with van der Waals surface area (Å²) in [6, 6.07) is 4.43. The molecular weight excluding hydrogens is 280 g/mol. The van der Waals surface area contributed by atoms with Crippen molar-refractivity contribution < 1.29 is 9.72 Å². The SMILES string of the molecule is CSCC(C)N(C)C(=O)c1cccc(NN)c1[N+](=O)[O-]. The van der Waals surface area contributed by atoms with E-state index in [4.69, 9.17) is 5.84 Å². The van der Waals surface area contributed by atoms with E-state index in [-0.39, 0.29) is 23.0 Å². The maximum atomic E-state index is 12.4. The highest BCUT2D eigenvalue weighted by Gasteiger charge is 2.27. The minimum atomic E-state index is -0.602. The number of hydrazine groups is 1. The van der Waals surface area contributed by atoms with Crippen molar-refractivity contribution in [3.05, 3.63) is 33.9 Å². The molecule has 8 heteroatoms. The fourth-order valence-corrected chi connectivity index (χ4v) is 2.48. The number of thioether (sulfide) groups is 1. The summed E-state index contributed by atoms with van der Waals surface area (Å²) in [5.41, 5.74) is 2.09. The number of benzene rings is 1. The third-order valence-electron chi connectivity index (χ3n) is 2.99. The molecule has 0 aromatic heterocycles. The van der Waals surface area contributed by atoms with Gasteiger partial charge in [-0.3, -0.25) is 20.8 Å². The normalized spacial score (nSPS) is 11.8. The molecule has 0 aliphatic carbocycles. The summed E-state index contributed by atoms with van der Waals surface area (Å²) in [5, 5.41) is 11.2. The fraction of sp³-hybridized carbons (Fsp3) is 0.417. The lowest BCUT2D eigenvalue weighted by Crippen LogP contribution is -2.37. The highest BCUT2D eigenvalue weighted by Crippen LogP contribution is 2.29. The number of nitrogens with one attached hydrogen (secondary N) is 1. The Morgan fingerprint density at radius 3 is 2.75 bits per heavy atom. The number of hydrogen-bond donors (Lipinski definition) is 2. The van der Waals surface area contributed by atoms with Gasteiger partial charge in [-0.1, -0.05) is 6.07 Å². The molecule has 0 spiro atoms. The Balaban J connectivity index is 3.19. The molecule has 20 heavy (non-hydrogen) atoms. The number of nitro groups is 1. The smallest absolute Gasteiger partial charge is 0.306 e. The van der Waals surface area contributed by atoms with Crippen molar-refractivity contribution in [3.8, 4) is 0 Å². The Labute approximate surface area is 121 Å². The first-order chi connectivity index (χ1) is 9.43. The largest absolute Gasteiger partial charge is 0.338 e. The number of nitrogen functional groups attached to an aromatic ring is 1. The lowest BCUT2D eigenvalue weighted by Gasteiger charge is -2.24. The summed E-state index contributed by atoms with van der Waals surface area (Å²) in [7, 11) is 1.63. The van der Waals surface area contributed by atoms with Gasteiger partial charge in [-0.2, -0.15) is 11.8 Å². The number of rotatable bonds is 6. The Bertz CT molecular complexity index is 509. The summed E-state index contributed by atoms with van der Waals surface area (Å²) in [5.74, 6) is 5.62. The van der Waals surface area contributed by atoms with Gasteiger partial charge in [-0.15, -0.1) is 0 Å². The monoisotopic (exact) mass is 298 g/mol. The topological polar surface area (TPSA) is 102 Å². The molecule has 0 bridgehead atoms. The second-order valence-electron chi connectivity index (χ2n) is 4.32. The zero-order valence-corrected chi connectivity index (χ0v) is 12.4. The molecule has 1 aromatic rings. The Hall–Kier alpha value is -1.80. The third kappa shape index (κ3) is 3.40. The lowest BCUT2D eigenvalue weighted by atomic mass is 10.1. The number of anilines is 1. The summed E-state index contributed by atoms with van der Waals surface area (Å²) in [6.07, 6.45) is 1.94. The van der Waals surface area contributed by atoms with Gasteiger partial charge in [-0.05, 0) is 25.3 Å². The predicted molar refractivity (Wildman–Crippen MR) is 80.8 cm³/mol. The number of hydrogen-bond acceptors (Lipinski definition) is 6. The number of nitrogens with zero attached hydrogens (tertiary/aromatic N) is 2. The van der Waals surface area contributed by atoms with Gasteiger partial charge < -0.3 is 10.3 Å². The summed E-state index contributed by atoms with van der Waals surface area (Å²) < 4.78 is 0. The molecule has 0 saturated heterocycles. The summed E-state index contributed by atoms with van der Waals surface area (Å²) >= 11 is 1.61. The summed E-state index contributed by atoms with van der Waals surface area (Å²) in [6.45, 7) is 1.89. The van der Waals surface area contributed by atoms with Crippen LogP contribution in [0.3, 0.4) is 0 Å². The van der Waals surface area contributed by atoms with Crippen LogP contribution in [0.2, 0.25) is 0 Å². The molecule has 1 amide bonds.